The average Bonchev–Trinajstić information content (AvgIpc) is 2.93. The summed E-state index contributed by atoms with van der Waals surface area (Å²) in [6.45, 7) is 0. The molecule has 1 aromatic carbocycles. The topological polar surface area (TPSA) is 81.6 Å². The summed E-state index contributed by atoms with van der Waals surface area (Å²) in [7, 11) is 1.48. The highest BCUT2D eigenvalue weighted by Gasteiger charge is 2.10. The molecule has 1 heterocycles. The Labute approximate surface area is 120 Å². The van der Waals surface area contributed by atoms with Crippen LogP contribution >= 0.6 is 11.6 Å². The molecule has 0 aliphatic rings. The summed E-state index contributed by atoms with van der Waals surface area (Å²) in [5, 5.41) is 18.8. The van der Waals surface area contributed by atoms with Crippen LogP contribution in [0, 0.1) is 11.3 Å². The molecular weight excluding hydrogens is 276 g/mol. The second-order valence-corrected chi connectivity index (χ2v) is 4.39. The lowest BCUT2D eigenvalue weighted by Crippen LogP contribution is -2.19. The molecule has 0 bridgehead atoms. The highest BCUT2D eigenvalue weighted by molar-refractivity contribution is 6.30. The van der Waals surface area contributed by atoms with Crippen LogP contribution in [0.5, 0.6) is 0 Å². The number of hydrogen-bond donors (Lipinski definition) is 2. The Bertz CT molecular complexity index is 695. The van der Waals surface area contributed by atoms with Crippen LogP contribution in [0.15, 0.2) is 36.0 Å². The SMILES string of the molecule is CNC(=O)/C(C#N)=C/c1cn[nH]c1-c1ccc(Cl)cc1. The third kappa shape index (κ3) is 2.87. The van der Waals surface area contributed by atoms with Gasteiger partial charge in [-0.1, -0.05) is 23.7 Å². The number of amides is 1. The van der Waals surface area contributed by atoms with Crippen LogP contribution in [-0.4, -0.2) is 23.2 Å². The first-order valence-electron chi connectivity index (χ1n) is 5.79. The van der Waals surface area contributed by atoms with Crippen molar-refractivity contribution in [1.29, 1.82) is 5.26 Å². The molecule has 0 radical (unpaired) electrons. The third-order valence-electron chi connectivity index (χ3n) is 2.69. The van der Waals surface area contributed by atoms with Crippen LogP contribution in [0.4, 0.5) is 0 Å². The Morgan fingerprint density at radius 1 is 1.45 bits per heavy atom. The molecule has 0 saturated heterocycles. The Kier molecular flexibility index (Phi) is 4.18. The lowest BCUT2D eigenvalue weighted by atomic mass is 10.1. The first-order valence-corrected chi connectivity index (χ1v) is 6.16. The number of nitriles is 1. The zero-order valence-corrected chi connectivity index (χ0v) is 11.4. The van der Waals surface area contributed by atoms with Crippen molar-refractivity contribution >= 4 is 23.6 Å². The Morgan fingerprint density at radius 2 is 2.15 bits per heavy atom. The van der Waals surface area contributed by atoms with E-state index in [1.54, 1.807) is 18.3 Å². The van der Waals surface area contributed by atoms with Gasteiger partial charge in [-0.15, -0.1) is 0 Å². The monoisotopic (exact) mass is 286 g/mol. The number of aromatic nitrogens is 2. The predicted molar refractivity (Wildman–Crippen MR) is 76.7 cm³/mol. The molecule has 2 N–H and O–H groups in total. The molecule has 0 aliphatic carbocycles. The van der Waals surface area contributed by atoms with E-state index < -0.39 is 5.91 Å². The predicted octanol–water partition coefficient (Wildman–Crippen LogP) is 2.38. The van der Waals surface area contributed by atoms with Gasteiger partial charge in [0, 0.05) is 23.2 Å². The normalized spacial score (nSPS) is 10.9. The number of carbonyl (C=O) groups excluding carboxylic acids is 1. The van der Waals surface area contributed by atoms with Gasteiger partial charge in [-0.05, 0) is 18.2 Å². The quantitative estimate of drug-likeness (QED) is 0.671. The second kappa shape index (κ2) is 6.04. The summed E-state index contributed by atoms with van der Waals surface area (Å²) >= 11 is 5.85. The van der Waals surface area contributed by atoms with Gasteiger partial charge >= 0.3 is 0 Å². The first kappa shape index (κ1) is 13.8. The van der Waals surface area contributed by atoms with Gasteiger partial charge in [0.2, 0.25) is 0 Å². The van der Waals surface area contributed by atoms with Gasteiger partial charge in [0.15, 0.2) is 0 Å². The van der Waals surface area contributed by atoms with E-state index in [0.717, 1.165) is 11.3 Å². The van der Waals surface area contributed by atoms with Crippen LogP contribution < -0.4 is 5.32 Å². The van der Waals surface area contributed by atoms with Gasteiger partial charge in [-0.25, -0.2) is 0 Å². The van der Waals surface area contributed by atoms with Crippen LogP contribution in [-0.2, 0) is 4.79 Å². The molecule has 0 unspecified atom stereocenters. The molecule has 100 valence electrons. The van der Waals surface area contributed by atoms with Crippen molar-refractivity contribution < 1.29 is 4.79 Å². The van der Waals surface area contributed by atoms with Crippen molar-refractivity contribution in [3.05, 3.63) is 46.6 Å². The minimum absolute atomic E-state index is 0.0177. The largest absolute Gasteiger partial charge is 0.354 e. The molecule has 20 heavy (non-hydrogen) atoms. The highest BCUT2D eigenvalue weighted by atomic mass is 35.5. The van der Waals surface area contributed by atoms with Gasteiger partial charge in [0.05, 0.1) is 11.9 Å². The molecule has 1 aromatic heterocycles. The fourth-order valence-electron chi connectivity index (χ4n) is 1.69. The lowest BCUT2D eigenvalue weighted by Gasteiger charge is -2.01. The van der Waals surface area contributed by atoms with E-state index in [4.69, 9.17) is 16.9 Å². The van der Waals surface area contributed by atoms with Crippen LogP contribution in [0.3, 0.4) is 0 Å². The van der Waals surface area contributed by atoms with Crippen LogP contribution in [0.2, 0.25) is 5.02 Å². The molecule has 1 amide bonds. The average molecular weight is 287 g/mol. The minimum Gasteiger partial charge on any atom is -0.354 e. The summed E-state index contributed by atoms with van der Waals surface area (Å²) in [6.07, 6.45) is 3.05. The van der Waals surface area contributed by atoms with E-state index in [1.807, 2.05) is 18.2 Å². The lowest BCUT2D eigenvalue weighted by molar-refractivity contribution is -0.116. The summed E-state index contributed by atoms with van der Waals surface area (Å²) < 4.78 is 0. The molecule has 2 rings (SSSR count). The van der Waals surface area contributed by atoms with Crippen LogP contribution in [0.25, 0.3) is 17.3 Å². The fourth-order valence-corrected chi connectivity index (χ4v) is 1.82. The molecule has 5 nitrogen and oxygen atoms in total. The number of carbonyl (C=O) groups is 1. The van der Waals surface area contributed by atoms with Gasteiger partial charge < -0.3 is 5.32 Å². The number of aromatic amines is 1. The Balaban J connectivity index is 2.43. The van der Waals surface area contributed by atoms with Crippen molar-refractivity contribution in [3.63, 3.8) is 0 Å². The van der Waals surface area contributed by atoms with Crippen molar-refractivity contribution in [3.8, 4) is 17.3 Å². The highest BCUT2D eigenvalue weighted by Crippen LogP contribution is 2.24. The molecular formula is C14H11ClN4O. The molecule has 2 aromatic rings. The van der Waals surface area contributed by atoms with Crippen molar-refractivity contribution in [1.82, 2.24) is 15.5 Å². The number of nitrogens with one attached hydrogen (secondary N) is 2. The van der Waals surface area contributed by atoms with Gasteiger partial charge in [-0.2, -0.15) is 10.4 Å². The van der Waals surface area contributed by atoms with E-state index in [0.29, 0.717) is 10.6 Å². The summed E-state index contributed by atoms with van der Waals surface area (Å²) in [5.41, 5.74) is 2.27. The standard InChI is InChI=1S/C14H11ClN4O/c1-17-14(20)10(7-16)6-11-8-18-19-13(11)9-2-4-12(15)5-3-9/h2-6,8H,1H3,(H,17,20)(H,18,19)/b10-6+. The van der Waals surface area contributed by atoms with E-state index in [1.165, 1.54) is 13.1 Å². The number of nitrogens with zero attached hydrogens (tertiary/aromatic N) is 2. The second-order valence-electron chi connectivity index (χ2n) is 3.96. The van der Waals surface area contributed by atoms with Gasteiger partial charge in [0.1, 0.15) is 11.6 Å². The number of halogens is 1. The molecule has 0 fully saturated rings. The molecule has 0 saturated carbocycles. The number of H-pyrrole nitrogens is 1. The number of benzene rings is 1. The number of rotatable bonds is 3. The van der Waals surface area contributed by atoms with E-state index in [-0.39, 0.29) is 5.57 Å². The van der Waals surface area contributed by atoms with Crippen molar-refractivity contribution in [2.45, 2.75) is 0 Å². The maximum absolute atomic E-state index is 11.5. The summed E-state index contributed by atoms with van der Waals surface area (Å²) in [5.74, 6) is -0.434. The zero-order chi connectivity index (χ0) is 14.5. The van der Waals surface area contributed by atoms with Crippen molar-refractivity contribution in [2.75, 3.05) is 7.05 Å². The van der Waals surface area contributed by atoms with E-state index in [9.17, 15) is 4.79 Å². The Morgan fingerprint density at radius 3 is 2.75 bits per heavy atom. The summed E-state index contributed by atoms with van der Waals surface area (Å²) in [4.78, 5) is 11.5. The van der Waals surface area contributed by atoms with Gasteiger partial charge in [-0.3, -0.25) is 9.89 Å². The maximum atomic E-state index is 11.5. The summed E-state index contributed by atoms with van der Waals surface area (Å²) in [6, 6.07) is 9.05. The molecule has 0 aliphatic heterocycles. The minimum atomic E-state index is -0.434. The number of hydrogen-bond acceptors (Lipinski definition) is 3. The smallest absolute Gasteiger partial charge is 0.261 e. The van der Waals surface area contributed by atoms with Crippen molar-refractivity contribution in [2.24, 2.45) is 0 Å². The molecule has 0 spiro atoms. The zero-order valence-electron chi connectivity index (χ0n) is 10.6. The fraction of sp³-hybridized carbons (Fsp3) is 0.0714. The van der Waals surface area contributed by atoms with Crippen LogP contribution in [0.1, 0.15) is 5.56 Å². The van der Waals surface area contributed by atoms with E-state index >= 15 is 0 Å². The van der Waals surface area contributed by atoms with Gasteiger partial charge in [0.25, 0.3) is 5.91 Å². The maximum Gasteiger partial charge on any atom is 0.261 e. The molecule has 6 heteroatoms. The third-order valence-corrected chi connectivity index (χ3v) is 2.95. The Hall–Kier alpha value is -2.58. The number of likely N-dealkylation sites (N-methyl/N-ethyl adjacent to an activating group) is 1. The molecule has 0 atom stereocenters. The first-order chi connectivity index (χ1) is 9.65. The van der Waals surface area contributed by atoms with E-state index in [2.05, 4.69) is 15.5 Å².